The van der Waals surface area contributed by atoms with E-state index in [1.807, 2.05) is 30.0 Å². The van der Waals surface area contributed by atoms with Gasteiger partial charge in [0.2, 0.25) is 11.7 Å². The van der Waals surface area contributed by atoms with E-state index >= 15 is 0 Å². The van der Waals surface area contributed by atoms with Gasteiger partial charge in [-0.15, -0.1) is 0 Å². The van der Waals surface area contributed by atoms with Crippen LogP contribution in [-0.2, 0) is 6.42 Å². The highest BCUT2D eigenvalue weighted by Crippen LogP contribution is 2.11. The topological polar surface area (TPSA) is 63.8 Å². The summed E-state index contributed by atoms with van der Waals surface area (Å²) < 4.78 is 5.21. The van der Waals surface area contributed by atoms with Crippen molar-refractivity contribution in [2.75, 3.05) is 18.6 Å². The normalized spacial score (nSPS) is 12.5. The van der Waals surface area contributed by atoms with Gasteiger partial charge >= 0.3 is 0 Å². The Bertz CT molecular complexity index is 488. The second-order valence-electron chi connectivity index (χ2n) is 4.29. The lowest BCUT2D eigenvalue weighted by atomic mass is 10.3. The minimum atomic E-state index is 0.494. The van der Waals surface area contributed by atoms with Gasteiger partial charge in [-0.05, 0) is 25.3 Å². The largest absolute Gasteiger partial charge is 0.339 e. The summed E-state index contributed by atoms with van der Waals surface area (Å²) in [6, 6.07) is 6.13. The predicted octanol–water partition coefficient (Wildman–Crippen LogP) is 2.02. The summed E-state index contributed by atoms with van der Waals surface area (Å²) in [5.74, 6) is 2.29. The maximum absolute atomic E-state index is 5.21. The van der Waals surface area contributed by atoms with E-state index in [1.165, 1.54) is 0 Å². The highest BCUT2D eigenvalue weighted by molar-refractivity contribution is 7.98. The first kappa shape index (κ1) is 14.0. The average Bonchev–Trinajstić information content (AvgIpc) is 2.89. The summed E-state index contributed by atoms with van der Waals surface area (Å²) in [5.41, 5.74) is 0.737. The lowest BCUT2D eigenvalue weighted by molar-refractivity contribution is 0.374. The fourth-order valence-corrected chi connectivity index (χ4v) is 2.31. The van der Waals surface area contributed by atoms with Gasteiger partial charge in [0.25, 0.3) is 0 Å². The second kappa shape index (κ2) is 7.25. The van der Waals surface area contributed by atoms with Crippen LogP contribution in [0.5, 0.6) is 0 Å². The number of nitrogens with zero attached hydrogens (tertiary/aromatic N) is 3. The molecule has 2 aromatic rings. The molecule has 6 heteroatoms. The van der Waals surface area contributed by atoms with E-state index in [1.54, 1.807) is 6.20 Å². The minimum Gasteiger partial charge on any atom is -0.339 e. The molecule has 0 spiro atoms. The lowest BCUT2D eigenvalue weighted by Gasteiger charge is -2.10. The van der Waals surface area contributed by atoms with Crippen LogP contribution in [0.3, 0.4) is 0 Å². The number of hydrogen-bond donors (Lipinski definition) is 1. The van der Waals surface area contributed by atoms with E-state index in [2.05, 4.69) is 33.6 Å². The second-order valence-corrected chi connectivity index (χ2v) is 5.20. The first-order valence-corrected chi connectivity index (χ1v) is 7.65. The Morgan fingerprint density at radius 1 is 1.42 bits per heavy atom. The maximum Gasteiger partial charge on any atom is 0.228 e. The number of pyridine rings is 1. The maximum atomic E-state index is 5.21. The van der Waals surface area contributed by atoms with Crippen LogP contribution in [-0.4, -0.2) is 39.7 Å². The van der Waals surface area contributed by atoms with Gasteiger partial charge in [0.1, 0.15) is 5.69 Å². The van der Waals surface area contributed by atoms with Gasteiger partial charge < -0.3 is 9.84 Å². The zero-order valence-corrected chi connectivity index (χ0v) is 12.0. The number of thioether (sulfide) groups is 1. The van der Waals surface area contributed by atoms with Crippen LogP contribution in [0.1, 0.15) is 12.8 Å². The van der Waals surface area contributed by atoms with Gasteiger partial charge in [-0.2, -0.15) is 16.7 Å². The molecule has 2 aromatic heterocycles. The van der Waals surface area contributed by atoms with Crippen LogP contribution in [0.2, 0.25) is 0 Å². The molecule has 5 nitrogen and oxygen atoms in total. The molecule has 0 aliphatic heterocycles. The fourth-order valence-electron chi connectivity index (χ4n) is 1.69. The highest BCUT2D eigenvalue weighted by Gasteiger charge is 2.09. The molecule has 0 bridgehead atoms. The van der Waals surface area contributed by atoms with Crippen molar-refractivity contribution < 1.29 is 4.52 Å². The molecule has 0 saturated carbocycles. The molecule has 0 unspecified atom stereocenters. The molecule has 102 valence electrons. The molecule has 0 radical (unpaired) electrons. The summed E-state index contributed by atoms with van der Waals surface area (Å²) in [7, 11) is 0. The van der Waals surface area contributed by atoms with Crippen LogP contribution in [0, 0.1) is 0 Å². The van der Waals surface area contributed by atoms with E-state index in [0.717, 1.165) is 24.4 Å². The summed E-state index contributed by atoms with van der Waals surface area (Å²) in [4.78, 5) is 8.53. The van der Waals surface area contributed by atoms with E-state index < -0.39 is 0 Å². The predicted molar refractivity (Wildman–Crippen MR) is 77.1 cm³/mol. The summed E-state index contributed by atoms with van der Waals surface area (Å²) in [6.45, 7) is 3.01. The van der Waals surface area contributed by atoms with Crippen molar-refractivity contribution in [1.82, 2.24) is 20.4 Å². The number of nitrogens with one attached hydrogen (secondary N) is 1. The van der Waals surface area contributed by atoms with E-state index in [0.29, 0.717) is 17.8 Å². The van der Waals surface area contributed by atoms with Crippen LogP contribution in [0.25, 0.3) is 11.5 Å². The van der Waals surface area contributed by atoms with Gasteiger partial charge in [0.05, 0.1) is 0 Å². The standard InChI is InChI=1S/C13H18N4OS/c1-10(9-19-2)14-8-6-12-16-13(17-18-12)11-5-3-4-7-15-11/h3-5,7,10,14H,6,8-9H2,1-2H3/t10-/m1/s1. The number of aromatic nitrogens is 3. The summed E-state index contributed by atoms with van der Waals surface area (Å²) >= 11 is 1.84. The third-order valence-corrected chi connectivity index (χ3v) is 3.44. The third-order valence-electron chi connectivity index (χ3n) is 2.61. The molecule has 1 N–H and O–H groups in total. The Hall–Kier alpha value is -1.40. The Morgan fingerprint density at radius 3 is 3.05 bits per heavy atom. The van der Waals surface area contributed by atoms with E-state index in [9.17, 15) is 0 Å². The average molecular weight is 278 g/mol. The zero-order chi connectivity index (χ0) is 13.5. The van der Waals surface area contributed by atoms with Gasteiger partial charge in [-0.1, -0.05) is 11.2 Å². The van der Waals surface area contributed by atoms with Gasteiger partial charge in [-0.25, -0.2) is 0 Å². The molecular weight excluding hydrogens is 260 g/mol. The number of hydrogen-bond acceptors (Lipinski definition) is 6. The van der Waals surface area contributed by atoms with Crippen molar-refractivity contribution in [3.8, 4) is 11.5 Å². The summed E-state index contributed by atoms with van der Waals surface area (Å²) in [6.07, 6.45) is 4.56. The Balaban J connectivity index is 1.85. The quantitative estimate of drug-likeness (QED) is 0.836. The molecule has 2 rings (SSSR count). The van der Waals surface area contributed by atoms with Gasteiger partial charge in [-0.3, -0.25) is 4.98 Å². The van der Waals surface area contributed by atoms with Crippen molar-refractivity contribution in [3.05, 3.63) is 30.3 Å². The van der Waals surface area contributed by atoms with Crippen molar-refractivity contribution in [3.63, 3.8) is 0 Å². The molecule has 0 aliphatic rings. The lowest BCUT2D eigenvalue weighted by Crippen LogP contribution is -2.30. The molecule has 0 fully saturated rings. The molecule has 0 aromatic carbocycles. The smallest absolute Gasteiger partial charge is 0.228 e. The van der Waals surface area contributed by atoms with Crippen molar-refractivity contribution in [2.24, 2.45) is 0 Å². The summed E-state index contributed by atoms with van der Waals surface area (Å²) in [5, 5.41) is 7.36. The first-order chi connectivity index (χ1) is 9.29. The third kappa shape index (κ3) is 4.33. The Kier molecular flexibility index (Phi) is 5.35. The van der Waals surface area contributed by atoms with E-state index in [-0.39, 0.29) is 0 Å². The molecule has 2 heterocycles. The van der Waals surface area contributed by atoms with E-state index in [4.69, 9.17) is 4.52 Å². The monoisotopic (exact) mass is 278 g/mol. The van der Waals surface area contributed by atoms with Crippen LogP contribution in [0.15, 0.2) is 28.9 Å². The molecule has 1 atom stereocenters. The molecule has 0 saturated heterocycles. The van der Waals surface area contributed by atoms with Gasteiger partial charge in [0.15, 0.2) is 0 Å². The molecule has 0 aliphatic carbocycles. The van der Waals surface area contributed by atoms with Crippen LogP contribution in [0.4, 0.5) is 0 Å². The van der Waals surface area contributed by atoms with Crippen molar-refractivity contribution in [1.29, 1.82) is 0 Å². The SMILES string of the molecule is CSC[C@@H](C)NCCc1nc(-c2ccccn2)no1. The Morgan fingerprint density at radius 2 is 2.32 bits per heavy atom. The molecule has 0 amide bonds. The minimum absolute atomic E-state index is 0.494. The van der Waals surface area contributed by atoms with Crippen molar-refractivity contribution in [2.45, 2.75) is 19.4 Å². The highest BCUT2D eigenvalue weighted by atomic mass is 32.2. The molecule has 19 heavy (non-hydrogen) atoms. The fraction of sp³-hybridized carbons (Fsp3) is 0.462. The Labute approximate surface area is 117 Å². The first-order valence-electron chi connectivity index (χ1n) is 6.26. The van der Waals surface area contributed by atoms with Crippen LogP contribution >= 0.6 is 11.8 Å². The van der Waals surface area contributed by atoms with Crippen molar-refractivity contribution >= 4 is 11.8 Å². The van der Waals surface area contributed by atoms with Crippen LogP contribution < -0.4 is 5.32 Å². The van der Waals surface area contributed by atoms with Gasteiger partial charge in [0, 0.05) is 31.0 Å². The molecular formula is C13H18N4OS. The zero-order valence-electron chi connectivity index (χ0n) is 11.2. The number of rotatable bonds is 7.